The highest BCUT2D eigenvalue weighted by Crippen LogP contribution is 2.31. The second-order valence-corrected chi connectivity index (χ2v) is 6.75. The average Bonchev–Trinajstić information content (AvgIpc) is 2.62. The molecule has 1 aliphatic heterocycles. The number of amides is 3. The maximum atomic E-state index is 14.1. The third kappa shape index (κ3) is 4.05. The molecule has 0 unspecified atom stereocenters. The highest BCUT2D eigenvalue weighted by Gasteiger charge is 2.27. The van der Waals surface area contributed by atoms with Crippen molar-refractivity contribution in [2.45, 2.75) is 19.5 Å². The summed E-state index contributed by atoms with van der Waals surface area (Å²) in [5, 5.41) is 14.0. The van der Waals surface area contributed by atoms with Gasteiger partial charge in [0.25, 0.3) is 0 Å². The SMILES string of the molecule is C[C@@H](NC(=O)CN1Cc2cc(F)cc(Cl)c2NC1=O)c1ccc(C#N)cc1F. The molecule has 1 heterocycles. The Hall–Kier alpha value is -3.18. The smallest absolute Gasteiger partial charge is 0.322 e. The Kier molecular flexibility index (Phi) is 5.47. The molecule has 0 aliphatic carbocycles. The molecule has 0 saturated heterocycles. The summed E-state index contributed by atoms with van der Waals surface area (Å²) in [5.74, 6) is -1.67. The van der Waals surface area contributed by atoms with Crippen molar-refractivity contribution in [3.05, 3.63) is 63.7 Å². The van der Waals surface area contributed by atoms with E-state index in [4.69, 9.17) is 16.9 Å². The number of nitrogens with zero attached hydrogens (tertiary/aromatic N) is 2. The summed E-state index contributed by atoms with van der Waals surface area (Å²) in [6.07, 6.45) is 0. The number of nitriles is 1. The number of hydrogen-bond acceptors (Lipinski definition) is 3. The normalized spacial score (nSPS) is 14.0. The van der Waals surface area contributed by atoms with E-state index in [1.165, 1.54) is 23.1 Å². The van der Waals surface area contributed by atoms with Gasteiger partial charge in [0, 0.05) is 5.56 Å². The van der Waals surface area contributed by atoms with Crippen LogP contribution in [0, 0.1) is 23.0 Å². The Morgan fingerprint density at radius 1 is 1.39 bits per heavy atom. The van der Waals surface area contributed by atoms with Crippen LogP contribution in [0.5, 0.6) is 0 Å². The van der Waals surface area contributed by atoms with Crippen LogP contribution >= 0.6 is 11.6 Å². The summed E-state index contributed by atoms with van der Waals surface area (Å²) in [6, 6.07) is 6.91. The van der Waals surface area contributed by atoms with Gasteiger partial charge in [-0.25, -0.2) is 13.6 Å². The molecule has 0 radical (unpaired) electrons. The van der Waals surface area contributed by atoms with E-state index in [-0.39, 0.29) is 29.2 Å². The van der Waals surface area contributed by atoms with E-state index >= 15 is 0 Å². The van der Waals surface area contributed by atoms with Crippen LogP contribution in [0.1, 0.15) is 29.7 Å². The van der Waals surface area contributed by atoms with Crippen molar-refractivity contribution in [3.8, 4) is 6.07 Å². The lowest BCUT2D eigenvalue weighted by Gasteiger charge is -2.30. The van der Waals surface area contributed by atoms with Gasteiger partial charge in [-0.1, -0.05) is 17.7 Å². The van der Waals surface area contributed by atoms with Crippen molar-refractivity contribution < 1.29 is 18.4 Å². The first-order chi connectivity index (χ1) is 13.3. The second-order valence-electron chi connectivity index (χ2n) is 6.35. The van der Waals surface area contributed by atoms with Crippen molar-refractivity contribution in [2.75, 3.05) is 11.9 Å². The van der Waals surface area contributed by atoms with Crippen LogP contribution in [0.15, 0.2) is 30.3 Å². The van der Waals surface area contributed by atoms with Crippen molar-refractivity contribution in [1.29, 1.82) is 5.26 Å². The lowest BCUT2D eigenvalue weighted by Crippen LogP contribution is -2.45. The van der Waals surface area contributed by atoms with Crippen LogP contribution < -0.4 is 10.6 Å². The van der Waals surface area contributed by atoms with E-state index < -0.39 is 29.6 Å². The highest BCUT2D eigenvalue weighted by molar-refractivity contribution is 6.34. The molecule has 2 N–H and O–H groups in total. The first-order valence-electron chi connectivity index (χ1n) is 8.31. The molecule has 144 valence electrons. The minimum Gasteiger partial charge on any atom is -0.348 e. The Bertz CT molecular complexity index is 1010. The van der Waals surface area contributed by atoms with Gasteiger partial charge in [-0.05, 0) is 36.8 Å². The number of urea groups is 1. The van der Waals surface area contributed by atoms with E-state index in [0.717, 1.165) is 12.1 Å². The molecule has 0 bridgehead atoms. The average molecular weight is 405 g/mol. The molecular formula is C19H15ClF2N4O2. The Labute approximate surface area is 164 Å². The van der Waals surface area contributed by atoms with E-state index in [1.807, 2.05) is 6.07 Å². The summed E-state index contributed by atoms with van der Waals surface area (Å²) in [4.78, 5) is 25.7. The third-order valence-corrected chi connectivity index (χ3v) is 4.62. The van der Waals surface area contributed by atoms with Gasteiger partial charge in [0.2, 0.25) is 5.91 Å². The van der Waals surface area contributed by atoms with Gasteiger partial charge in [-0.3, -0.25) is 4.79 Å². The number of hydrogen-bond donors (Lipinski definition) is 2. The fourth-order valence-corrected chi connectivity index (χ4v) is 3.24. The molecular weight excluding hydrogens is 390 g/mol. The third-order valence-electron chi connectivity index (χ3n) is 4.33. The molecule has 2 aromatic carbocycles. The van der Waals surface area contributed by atoms with Gasteiger partial charge >= 0.3 is 6.03 Å². The van der Waals surface area contributed by atoms with Crippen LogP contribution in [0.2, 0.25) is 5.02 Å². The lowest BCUT2D eigenvalue weighted by atomic mass is 10.1. The van der Waals surface area contributed by atoms with E-state index in [0.29, 0.717) is 11.3 Å². The predicted octanol–water partition coefficient (Wildman–Crippen LogP) is 3.71. The minimum absolute atomic E-state index is 0.00563. The topological polar surface area (TPSA) is 85.2 Å². The molecule has 9 heteroatoms. The zero-order chi connectivity index (χ0) is 20.4. The number of nitrogens with one attached hydrogen (secondary N) is 2. The summed E-state index contributed by atoms with van der Waals surface area (Å²) >= 11 is 5.93. The van der Waals surface area contributed by atoms with Gasteiger partial charge in [0.05, 0.1) is 34.9 Å². The molecule has 0 spiro atoms. The lowest BCUT2D eigenvalue weighted by molar-refractivity contribution is -0.122. The van der Waals surface area contributed by atoms with E-state index in [1.54, 1.807) is 6.92 Å². The van der Waals surface area contributed by atoms with Gasteiger partial charge in [-0.2, -0.15) is 5.26 Å². The number of rotatable bonds is 4. The molecule has 1 atom stereocenters. The summed E-state index contributed by atoms with van der Waals surface area (Å²) in [5.41, 5.74) is 1.16. The van der Waals surface area contributed by atoms with E-state index in [9.17, 15) is 18.4 Å². The van der Waals surface area contributed by atoms with Gasteiger partial charge in [0.1, 0.15) is 18.2 Å². The maximum absolute atomic E-state index is 14.1. The van der Waals surface area contributed by atoms with Gasteiger partial charge < -0.3 is 15.5 Å². The molecule has 2 aromatic rings. The largest absolute Gasteiger partial charge is 0.348 e. The second kappa shape index (κ2) is 7.82. The summed E-state index contributed by atoms with van der Waals surface area (Å²) < 4.78 is 27.6. The highest BCUT2D eigenvalue weighted by atomic mass is 35.5. The fraction of sp³-hybridized carbons (Fsp3) is 0.211. The predicted molar refractivity (Wildman–Crippen MR) is 98.5 cm³/mol. The van der Waals surface area contributed by atoms with Crippen molar-refractivity contribution >= 4 is 29.2 Å². The van der Waals surface area contributed by atoms with Gasteiger partial charge in [-0.15, -0.1) is 0 Å². The number of fused-ring (bicyclic) bond motifs is 1. The molecule has 6 nitrogen and oxygen atoms in total. The number of carbonyl (C=O) groups excluding carboxylic acids is 2. The number of carbonyl (C=O) groups is 2. The van der Waals surface area contributed by atoms with Crippen LogP contribution in [0.25, 0.3) is 0 Å². The van der Waals surface area contributed by atoms with Crippen LogP contribution in [-0.4, -0.2) is 23.4 Å². The summed E-state index contributed by atoms with van der Waals surface area (Å²) in [7, 11) is 0. The Balaban J connectivity index is 1.68. The number of halogens is 3. The van der Waals surface area contributed by atoms with E-state index in [2.05, 4.69) is 10.6 Å². The quantitative estimate of drug-likeness (QED) is 0.814. The van der Waals surface area contributed by atoms with Crippen LogP contribution in [0.3, 0.4) is 0 Å². The molecule has 28 heavy (non-hydrogen) atoms. The Morgan fingerprint density at radius 2 is 2.14 bits per heavy atom. The monoisotopic (exact) mass is 404 g/mol. The fourth-order valence-electron chi connectivity index (χ4n) is 2.97. The number of anilines is 1. The van der Waals surface area contributed by atoms with Crippen molar-refractivity contribution in [1.82, 2.24) is 10.2 Å². The first-order valence-corrected chi connectivity index (χ1v) is 8.69. The van der Waals surface area contributed by atoms with Gasteiger partial charge in [0.15, 0.2) is 0 Å². The number of benzene rings is 2. The standard InChI is InChI=1S/C19H15ClF2N4O2/c1-10(14-3-2-11(7-23)4-16(14)22)24-17(27)9-26-8-12-5-13(21)6-15(20)18(12)25-19(26)28/h2-6,10H,8-9H2,1H3,(H,24,27)(H,25,28)/t10-/m1/s1. The maximum Gasteiger partial charge on any atom is 0.322 e. The molecule has 0 saturated carbocycles. The first kappa shape index (κ1) is 19.6. The van der Waals surface area contributed by atoms with Crippen LogP contribution in [0.4, 0.5) is 19.3 Å². The molecule has 1 aliphatic rings. The minimum atomic E-state index is -0.674. The molecule has 3 rings (SSSR count). The zero-order valence-electron chi connectivity index (χ0n) is 14.7. The Morgan fingerprint density at radius 3 is 2.82 bits per heavy atom. The molecule has 0 fully saturated rings. The van der Waals surface area contributed by atoms with Crippen LogP contribution in [-0.2, 0) is 11.3 Å². The zero-order valence-corrected chi connectivity index (χ0v) is 15.5. The molecule has 0 aromatic heterocycles. The summed E-state index contributed by atoms with van der Waals surface area (Å²) in [6.45, 7) is 1.29. The molecule has 3 amide bonds. The van der Waals surface area contributed by atoms with Crippen molar-refractivity contribution in [3.63, 3.8) is 0 Å². The van der Waals surface area contributed by atoms with Crippen molar-refractivity contribution in [2.24, 2.45) is 0 Å².